The van der Waals surface area contributed by atoms with Crippen LogP contribution in [0.2, 0.25) is 0 Å². The first-order valence-electron chi connectivity index (χ1n) is 6.45. The molecule has 0 aromatic rings. The van der Waals surface area contributed by atoms with E-state index in [0.29, 0.717) is 25.9 Å². The van der Waals surface area contributed by atoms with Crippen molar-refractivity contribution >= 4 is 17.9 Å². The third-order valence-corrected chi connectivity index (χ3v) is 2.56. The first-order valence-corrected chi connectivity index (χ1v) is 6.45. The lowest BCUT2D eigenvalue weighted by atomic mass is 10.0. The summed E-state index contributed by atoms with van der Waals surface area (Å²) in [6.45, 7) is 4.69. The van der Waals surface area contributed by atoms with Gasteiger partial charge in [0.2, 0.25) is 5.91 Å². The minimum absolute atomic E-state index is 0.0474. The van der Waals surface area contributed by atoms with Gasteiger partial charge in [-0.15, -0.1) is 0 Å². The molecule has 0 aliphatic rings. The van der Waals surface area contributed by atoms with E-state index in [1.807, 2.05) is 6.92 Å². The maximum atomic E-state index is 11.3. The van der Waals surface area contributed by atoms with Crippen LogP contribution >= 0.6 is 0 Å². The summed E-state index contributed by atoms with van der Waals surface area (Å²) in [5.74, 6) is -0.799. The predicted molar refractivity (Wildman–Crippen MR) is 70.7 cm³/mol. The molecule has 1 unspecified atom stereocenters. The third kappa shape index (κ3) is 11.1. The van der Waals surface area contributed by atoms with E-state index in [2.05, 4.69) is 16.0 Å². The Morgan fingerprint density at radius 2 is 1.79 bits per heavy atom. The molecular weight excluding hydrogens is 250 g/mol. The van der Waals surface area contributed by atoms with Gasteiger partial charge in [-0.1, -0.05) is 6.92 Å². The second-order valence-electron chi connectivity index (χ2n) is 4.39. The molecule has 7 nitrogen and oxygen atoms in total. The lowest BCUT2D eigenvalue weighted by Crippen LogP contribution is -2.42. The molecule has 0 heterocycles. The van der Waals surface area contributed by atoms with Gasteiger partial charge in [0.05, 0.1) is 6.54 Å². The molecule has 0 radical (unpaired) electrons. The number of rotatable bonds is 9. The Morgan fingerprint density at radius 3 is 2.37 bits per heavy atom. The molecule has 0 saturated carbocycles. The number of hydrogen-bond acceptors (Lipinski definition) is 3. The van der Waals surface area contributed by atoms with Crippen LogP contribution in [0.4, 0.5) is 4.79 Å². The molecule has 110 valence electrons. The SMILES string of the molecule is CCNC(=O)CNC(=O)NCCC(C)CCC(=O)O. The summed E-state index contributed by atoms with van der Waals surface area (Å²) in [4.78, 5) is 32.7. The Balaban J connectivity index is 3.57. The van der Waals surface area contributed by atoms with Crippen LogP contribution in [-0.2, 0) is 9.59 Å². The van der Waals surface area contributed by atoms with Crippen molar-refractivity contribution in [1.82, 2.24) is 16.0 Å². The van der Waals surface area contributed by atoms with Crippen molar-refractivity contribution in [2.75, 3.05) is 19.6 Å². The van der Waals surface area contributed by atoms with E-state index >= 15 is 0 Å². The summed E-state index contributed by atoms with van der Waals surface area (Å²) < 4.78 is 0. The van der Waals surface area contributed by atoms with Crippen LogP contribution < -0.4 is 16.0 Å². The first kappa shape index (κ1) is 17.2. The number of likely N-dealkylation sites (N-methyl/N-ethyl adjacent to an activating group) is 1. The van der Waals surface area contributed by atoms with E-state index in [1.165, 1.54) is 0 Å². The predicted octanol–water partition coefficient (Wildman–Crippen LogP) is 0.313. The third-order valence-electron chi connectivity index (χ3n) is 2.56. The van der Waals surface area contributed by atoms with Crippen molar-refractivity contribution in [3.05, 3.63) is 0 Å². The Kier molecular flexibility index (Phi) is 9.20. The van der Waals surface area contributed by atoms with Crippen LogP contribution in [0.25, 0.3) is 0 Å². The van der Waals surface area contributed by atoms with Crippen LogP contribution in [0.3, 0.4) is 0 Å². The summed E-state index contributed by atoms with van der Waals surface area (Å²) >= 11 is 0. The maximum absolute atomic E-state index is 11.3. The zero-order valence-corrected chi connectivity index (χ0v) is 11.5. The molecule has 0 aromatic heterocycles. The molecule has 0 aliphatic heterocycles. The van der Waals surface area contributed by atoms with Gasteiger partial charge in [0, 0.05) is 19.5 Å². The summed E-state index contributed by atoms with van der Waals surface area (Å²) in [7, 11) is 0. The quantitative estimate of drug-likeness (QED) is 0.485. The number of carboxylic acid groups (broad SMARTS) is 1. The second kappa shape index (κ2) is 10.2. The smallest absolute Gasteiger partial charge is 0.315 e. The minimum Gasteiger partial charge on any atom is -0.481 e. The largest absolute Gasteiger partial charge is 0.481 e. The van der Waals surface area contributed by atoms with Crippen molar-refractivity contribution in [1.29, 1.82) is 0 Å². The zero-order valence-electron chi connectivity index (χ0n) is 11.5. The molecule has 0 aromatic carbocycles. The number of urea groups is 1. The Bertz CT molecular complexity index is 307. The summed E-state index contributed by atoms with van der Waals surface area (Å²) in [5, 5.41) is 16.1. The van der Waals surface area contributed by atoms with Gasteiger partial charge < -0.3 is 21.1 Å². The number of amides is 3. The standard InChI is InChI=1S/C12H23N3O4/c1-3-13-10(16)8-15-12(19)14-7-6-9(2)4-5-11(17)18/h9H,3-8H2,1-2H3,(H,13,16)(H,17,18)(H2,14,15,19). The molecule has 19 heavy (non-hydrogen) atoms. The van der Waals surface area contributed by atoms with E-state index in [4.69, 9.17) is 5.11 Å². The number of hydrogen-bond donors (Lipinski definition) is 4. The highest BCUT2D eigenvalue weighted by Gasteiger charge is 2.07. The van der Waals surface area contributed by atoms with Gasteiger partial charge in [-0.2, -0.15) is 0 Å². The second-order valence-corrected chi connectivity index (χ2v) is 4.39. The van der Waals surface area contributed by atoms with Gasteiger partial charge in [0.15, 0.2) is 0 Å². The average molecular weight is 273 g/mol. The molecule has 0 saturated heterocycles. The van der Waals surface area contributed by atoms with Gasteiger partial charge in [-0.3, -0.25) is 9.59 Å². The topological polar surface area (TPSA) is 108 Å². The van der Waals surface area contributed by atoms with E-state index < -0.39 is 12.0 Å². The van der Waals surface area contributed by atoms with Crippen LogP contribution in [0.15, 0.2) is 0 Å². The molecule has 0 fully saturated rings. The normalized spacial score (nSPS) is 11.5. The van der Waals surface area contributed by atoms with Gasteiger partial charge in [0.1, 0.15) is 0 Å². The van der Waals surface area contributed by atoms with E-state index in [0.717, 1.165) is 0 Å². The van der Waals surface area contributed by atoms with Gasteiger partial charge >= 0.3 is 12.0 Å². The van der Waals surface area contributed by atoms with Crippen molar-refractivity contribution < 1.29 is 19.5 Å². The van der Waals surface area contributed by atoms with Crippen LogP contribution in [-0.4, -0.2) is 42.6 Å². The number of nitrogens with one attached hydrogen (secondary N) is 3. The summed E-state index contributed by atoms with van der Waals surface area (Å²) in [6.07, 6.45) is 1.45. The van der Waals surface area contributed by atoms with Crippen molar-refractivity contribution in [3.63, 3.8) is 0 Å². The van der Waals surface area contributed by atoms with Gasteiger partial charge in [0.25, 0.3) is 0 Å². The number of aliphatic carboxylic acids is 1. The van der Waals surface area contributed by atoms with Crippen molar-refractivity contribution in [2.24, 2.45) is 5.92 Å². The fourth-order valence-electron chi connectivity index (χ4n) is 1.43. The van der Waals surface area contributed by atoms with Crippen molar-refractivity contribution in [2.45, 2.75) is 33.1 Å². The molecule has 0 aliphatic carbocycles. The molecule has 0 bridgehead atoms. The van der Waals surface area contributed by atoms with Crippen molar-refractivity contribution in [3.8, 4) is 0 Å². The van der Waals surface area contributed by atoms with Gasteiger partial charge in [-0.25, -0.2) is 4.79 Å². The van der Waals surface area contributed by atoms with E-state index in [-0.39, 0.29) is 24.8 Å². The van der Waals surface area contributed by atoms with Crippen LogP contribution in [0, 0.1) is 5.92 Å². The molecule has 7 heteroatoms. The molecule has 1 atom stereocenters. The zero-order chi connectivity index (χ0) is 14.7. The summed E-state index contributed by atoms with van der Waals surface area (Å²) in [6, 6.07) is -0.392. The highest BCUT2D eigenvalue weighted by Crippen LogP contribution is 2.08. The molecule has 3 amide bonds. The lowest BCUT2D eigenvalue weighted by Gasteiger charge is -2.11. The van der Waals surface area contributed by atoms with Crippen LogP contribution in [0.5, 0.6) is 0 Å². The number of carboxylic acids is 1. The molecular formula is C12H23N3O4. The molecule has 0 spiro atoms. The highest BCUT2D eigenvalue weighted by molar-refractivity contribution is 5.83. The first-order chi connectivity index (χ1) is 8.95. The molecule has 4 N–H and O–H groups in total. The lowest BCUT2D eigenvalue weighted by molar-refractivity contribution is -0.137. The van der Waals surface area contributed by atoms with E-state index in [9.17, 15) is 14.4 Å². The Labute approximate surface area is 113 Å². The summed E-state index contributed by atoms with van der Waals surface area (Å²) in [5.41, 5.74) is 0. The Morgan fingerprint density at radius 1 is 1.11 bits per heavy atom. The Hall–Kier alpha value is -1.79. The minimum atomic E-state index is -0.806. The van der Waals surface area contributed by atoms with Crippen LogP contribution in [0.1, 0.15) is 33.1 Å². The fraction of sp³-hybridized carbons (Fsp3) is 0.750. The number of carbonyl (C=O) groups is 3. The molecule has 0 rings (SSSR count). The number of carbonyl (C=O) groups excluding carboxylic acids is 2. The van der Waals surface area contributed by atoms with E-state index in [1.54, 1.807) is 6.92 Å². The monoisotopic (exact) mass is 273 g/mol. The van der Waals surface area contributed by atoms with Gasteiger partial charge in [-0.05, 0) is 25.7 Å². The highest BCUT2D eigenvalue weighted by atomic mass is 16.4. The maximum Gasteiger partial charge on any atom is 0.315 e. The fourth-order valence-corrected chi connectivity index (χ4v) is 1.43. The average Bonchev–Trinajstić information content (AvgIpc) is 2.34.